The topological polar surface area (TPSA) is 79.8 Å². The summed E-state index contributed by atoms with van der Waals surface area (Å²) in [6.07, 6.45) is 1.42. The molecule has 0 aliphatic rings. The number of halogens is 1. The van der Waals surface area contributed by atoms with Gasteiger partial charge in [0.1, 0.15) is 5.75 Å². The van der Waals surface area contributed by atoms with E-state index >= 15 is 0 Å². The smallest absolute Gasteiger partial charge is 0.329 e. The first kappa shape index (κ1) is 17.5. The zero-order valence-electron chi connectivity index (χ0n) is 13.0. The molecule has 0 saturated heterocycles. The van der Waals surface area contributed by atoms with Gasteiger partial charge in [0.05, 0.1) is 12.8 Å². The summed E-state index contributed by atoms with van der Waals surface area (Å²) in [6, 6.07) is 13.6. The maximum absolute atomic E-state index is 11.8. The summed E-state index contributed by atoms with van der Waals surface area (Å²) in [5.74, 6) is -1.06. The molecule has 0 radical (unpaired) electrons. The lowest BCUT2D eigenvalue weighted by Crippen LogP contribution is -2.32. The molecule has 2 amide bonds. The molecule has 2 N–H and O–H groups in total. The molecule has 124 valence electrons. The van der Waals surface area contributed by atoms with E-state index in [0.29, 0.717) is 28.6 Å². The van der Waals surface area contributed by atoms with E-state index in [9.17, 15) is 9.59 Å². The first-order valence-corrected chi connectivity index (χ1v) is 7.59. The summed E-state index contributed by atoms with van der Waals surface area (Å²) in [7, 11) is 0. The minimum atomic E-state index is -0.880. The third-order valence-corrected chi connectivity index (χ3v) is 3.15. The van der Waals surface area contributed by atoms with Crippen LogP contribution in [-0.2, 0) is 9.59 Å². The van der Waals surface area contributed by atoms with Crippen molar-refractivity contribution in [3.05, 3.63) is 59.1 Å². The minimum Gasteiger partial charge on any atom is -0.493 e. The molecule has 0 aliphatic carbocycles. The molecule has 0 atom stereocenters. The first-order valence-electron chi connectivity index (χ1n) is 7.22. The Labute approximate surface area is 144 Å². The lowest BCUT2D eigenvalue weighted by molar-refractivity contribution is -0.136. The highest BCUT2D eigenvalue weighted by Crippen LogP contribution is 2.15. The monoisotopic (exact) mass is 345 g/mol. The van der Waals surface area contributed by atoms with Crippen molar-refractivity contribution in [3.8, 4) is 5.75 Å². The molecule has 2 rings (SSSR count). The number of ether oxygens (including phenoxy) is 1. The Morgan fingerprint density at radius 3 is 2.54 bits per heavy atom. The van der Waals surface area contributed by atoms with Crippen molar-refractivity contribution in [2.75, 3.05) is 11.9 Å². The predicted octanol–water partition coefficient (Wildman–Crippen LogP) is 2.83. The van der Waals surface area contributed by atoms with Crippen molar-refractivity contribution < 1.29 is 14.3 Å². The molecule has 0 bridgehead atoms. The minimum absolute atomic E-state index is 0.463. The summed E-state index contributed by atoms with van der Waals surface area (Å²) in [5, 5.41) is 6.75. The van der Waals surface area contributed by atoms with Crippen molar-refractivity contribution in [1.82, 2.24) is 5.43 Å². The van der Waals surface area contributed by atoms with Crippen LogP contribution in [0.4, 0.5) is 5.69 Å². The number of hydrogen-bond acceptors (Lipinski definition) is 4. The van der Waals surface area contributed by atoms with E-state index in [0.717, 1.165) is 0 Å². The molecule has 0 heterocycles. The van der Waals surface area contributed by atoms with E-state index in [1.807, 2.05) is 19.1 Å². The highest BCUT2D eigenvalue weighted by Gasteiger charge is 2.12. The number of amides is 2. The summed E-state index contributed by atoms with van der Waals surface area (Å²) in [4.78, 5) is 23.5. The zero-order valence-corrected chi connectivity index (χ0v) is 13.7. The van der Waals surface area contributed by atoms with E-state index in [-0.39, 0.29) is 0 Å². The van der Waals surface area contributed by atoms with E-state index in [1.54, 1.807) is 36.4 Å². The largest absolute Gasteiger partial charge is 0.493 e. The maximum atomic E-state index is 11.8. The van der Waals surface area contributed by atoms with Crippen LogP contribution in [0.15, 0.2) is 53.6 Å². The molecule has 2 aromatic rings. The highest BCUT2D eigenvalue weighted by molar-refractivity contribution is 6.39. The third-order valence-electron chi connectivity index (χ3n) is 2.90. The summed E-state index contributed by atoms with van der Waals surface area (Å²) < 4.78 is 5.44. The number of carbonyl (C=O) groups is 2. The van der Waals surface area contributed by atoms with Crippen LogP contribution in [0.1, 0.15) is 12.5 Å². The van der Waals surface area contributed by atoms with Crippen LogP contribution in [0.5, 0.6) is 5.75 Å². The number of hydrazone groups is 1. The fourth-order valence-corrected chi connectivity index (χ4v) is 1.93. The van der Waals surface area contributed by atoms with Gasteiger partial charge in [-0.1, -0.05) is 23.7 Å². The van der Waals surface area contributed by atoms with Crippen molar-refractivity contribution in [2.24, 2.45) is 5.10 Å². The Morgan fingerprint density at radius 2 is 1.83 bits per heavy atom. The van der Waals surface area contributed by atoms with Gasteiger partial charge in [0.15, 0.2) is 0 Å². The van der Waals surface area contributed by atoms with Crippen LogP contribution in [-0.4, -0.2) is 24.6 Å². The first-order chi connectivity index (χ1) is 11.6. The van der Waals surface area contributed by atoms with Crippen LogP contribution in [0.25, 0.3) is 0 Å². The molecule has 0 aliphatic heterocycles. The standard InChI is InChI=1S/C17H16ClN3O3/c1-2-24-15-6-4-3-5-12(15)11-19-21-17(23)16(22)20-14-9-7-13(18)8-10-14/h3-11H,2H2,1H3,(H,20,22)(H,21,23)/b19-11-. The molecule has 7 heteroatoms. The molecular weight excluding hydrogens is 330 g/mol. The van der Waals surface area contributed by atoms with Gasteiger partial charge >= 0.3 is 11.8 Å². The van der Waals surface area contributed by atoms with Crippen LogP contribution in [0, 0.1) is 0 Å². The Balaban J connectivity index is 1.92. The zero-order chi connectivity index (χ0) is 17.4. The Hall–Kier alpha value is -2.86. The fraction of sp³-hybridized carbons (Fsp3) is 0.118. The van der Waals surface area contributed by atoms with Gasteiger partial charge in [-0.05, 0) is 43.3 Å². The fourth-order valence-electron chi connectivity index (χ4n) is 1.81. The summed E-state index contributed by atoms with van der Waals surface area (Å²) in [6.45, 7) is 2.39. The van der Waals surface area contributed by atoms with Gasteiger partial charge in [0, 0.05) is 16.3 Å². The number of carbonyl (C=O) groups excluding carboxylic acids is 2. The van der Waals surface area contributed by atoms with Crippen molar-refractivity contribution in [3.63, 3.8) is 0 Å². The van der Waals surface area contributed by atoms with Gasteiger partial charge in [-0.25, -0.2) is 5.43 Å². The molecule has 24 heavy (non-hydrogen) atoms. The van der Waals surface area contributed by atoms with Gasteiger partial charge in [-0.3, -0.25) is 9.59 Å². The molecule has 0 spiro atoms. The molecule has 2 aromatic carbocycles. The quantitative estimate of drug-likeness (QED) is 0.497. The molecule has 0 unspecified atom stereocenters. The molecular formula is C17H16ClN3O3. The normalized spacial score (nSPS) is 10.4. The Morgan fingerprint density at radius 1 is 1.12 bits per heavy atom. The van der Waals surface area contributed by atoms with E-state index < -0.39 is 11.8 Å². The van der Waals surface area contributed by atoms with Crippen LogP contribution in [0.2, 0.25) is 5.02 Å². The SMILES string of the molecule is CCOc1ccccc1/C=N\NC(=O)C(=O)Nc1ccc(Cl)cc1. The number of rotatable bonds is 5. The van der Waals surface area contributed by atoms with Crippen LogP contribution >= 0.6 is 11.6 Å². The lowest BCUT2D eigenvalue weighted by atomic mass is 10.2. The van der Waals surface area contributed by atoms with Gasteiger partial charge in [-0.15, -0.1) is 0 Å². The number of hydrogen-bond donors (Lipinski definition) is 2. The number of para-hydroxylation sites is 1. The third kappa shape index (κ3) is 5.10. The van der Waals surface area contributed by atoms with E-state index in [4.69, 9.17) is 16.3 Å². The maximum Gasteiger partial charge on any atom is 0.329 e. The molecule has 6 nitrogen and oxygen atoms in total. The predicted molar refractivity (Wildman–Crippen MR) is 93.4 cm³/mol. The van der Waals surface area contributed by atoms with Crippen molar-refractivity contribution >= 4 is 35.3 Å². The number of nitrogens with zero attached hydrogens (tertiary/aromatic N) is 1. The second kappa shape index (κ2) is 8.69. The van der Waals surface area contributed by atoms with Gasteiger partial charge in [-0.2, -0.15) is 5.10 Å². The van der Waals surface area contributed by atoms with Crippen LogP contribution in [0.3, 0.4) is 0 Å². The molecule has 0 aromatic heterocycles. The molecule has 0 saturated carbocycles. The average molecular weight is 346 g/mol. The average Bonchev–Trinajstić information content (AvgIpc) is 2.58. The van der Waals surface area contributed by atoms with Crippen molar-refractivity contribution in [2.45, 2.75) is 6.92 Å². The Bertz CT molecular complexity index is 745. The van der Waals surface area contributed by atoms with Crippen molar-refractivity contribution in [1.29, 1.82) is 0 Å². The summed E-state index contributed by atoms with van der Waals surface area (Å²) in [5.41, 5.74) is 3.32. The second-order valence-corrected chi connectivity index (χ2v) is 5.07. The highest BCUT2D eigenvalue weighted by atomic mass is 35.5. The van der Waals surface area contributed by atoms with E-state index in [2.05, 4.69) is 15.8 Å². The second-order valence-electron chi connectivity index (χ2n) is 4.63. The number of anilines is 1. The Kier molecular flexibility index (Phi) is 6.33. The summed E-state index contributed by atoms with van der Waals surface area (Å²) >= 11 is 5.75. The van der Waals surface area contributed by atoms with Crippen LogP contribution < -0.4 is 15.5 Å². The lowest BCUT2D eigenvalue weighted by Gasteiger charge is -2.06. The van der Waals surface area contributed by atoms with Gasteiger partial charge in [0.2, 0.25) is 0 Å². The number of benzene rings is 2. The van der Waals surface area contributed by atoms with Gasteiger partial charge in [0.25, 0.3) is 0 Å². The molecule has 0 fully saturated rings. The van der Waals surface area contributed by atoms with E-state index in [1.165, 1.54) is 6.21 Å². The van der Waals surface area contributed by atoms with Gasteiger partial charge < -0.3 is 10.1 Å². The number of nitrogens with one attached hydrogen (secondary N) is 2.